The van der Waals surface area contributed by atoms with E-state index in [4.69, 9.17) is 0 Å². The van der Waals surface area contributed by atoms with Gasteiger partial charge in [0.1, 0.15) is 5.82 Å². The lowest BCUT2D eigenvalue weighted by molar-refractivity contribution is 0.134. The molecule has 23 heavy (non-hydrogen) atoms. The van der Waals surface area contributed by atoms with Gasteiger partial charge in [-0.3, -0.25) is 4.90 Å². The second kappa shape index (κ2) is 7.41. The number of aryl methyl sites for hydroxylation is 1. The fraction of sp³-hybridized carbons (Fsp3) is 0.556. The van der Waals surface area contributed by atoms with Gasteiger partial charge in [-0.25, -0.2) is 4.98 Å². The van der Waals surface area contributed by atoms with Crippen molar-refractivity contribution in [2.24, 2.45) is 11.8 Å². The number of hydrogen-bond donors (Lipinski definition) is 1. The van der Waals surface area contributed by atoms with Crippen molar-refractivity contribution in [3.63, 3.8) is 0 Å². The van der Waals surface area contributed by atoms with Crippen LogP contribution in [0.4, 0.5) is 5.13 Å². The molecule has 1 aliphatic rings. The average Bonchev–Trinajstić information content (AvgIpc) is 2.91. The molecule has 1 N–H and O–H groups in total. The predicted octanol–water partition coefficient (Wildman–Crippen LogP) is 3.94. The first-order valence-corrected chi connectivity index (χ1v) is 9.21. The maximum Gasteiger partial charge on any atom is 0.202 e. The van der Waals surface area contributed by atoms with Crippen molar-refractivity contribution in [1.29, 1.82) is 0 Å². The van der Waals surface area contributed by atoms with Gasteiger partial charge in [0.05, 0.1) is 0 Å². The van der Waals surface area contributed by atoms with Gasteiger partial charge in [0.15, 0.2) is 0 Å². The monoisotopic (exact) mass is 330 g/mol. The number of aromatic nitrogens is 2. The van der Waals surface area contributed by atoms with E-state index in [2.05, 4.69) is 57.7 Å². The van der Waals surface area contributed by atoms with E-state index in [0.717, 1.165) is 35.9 Å². The van der Waals surface area contributed by atoms with E-state index in [1.807, 2.05) is 6.92 Å². The lowest BCUT2D eigenvalue weighted by Crippen LogP contribution is -2.38. The SMILES string of the molecule is Cc1nsc(NCc2ccccc2CN2CC(C)CC(C)C2)n1. The van der Waals surface area contributed by atoms with Crippen molar-refractivity contribution in [2.45, 2.75) is 40.3 Å². The van der Waals surface area contributed by atoms with Gasteiger partial charge in [0, 0.05) is 37.7 Å². The normalized spacial score (nSPS) is 22.2. The van der Waals surface area contributed by atoms with Crippen molar-refractivity contribution in [3.8, 4) is 0 Å². The van der Waals surface area contributed by atoms with E-state index in [-0.39, 0.29) is 0 Å². The number of nitrogens with zero attached hydrogens (tertiary/aromatic N) is 3. The molecular weight excluding hydrogens is 304 g/mol. The number of anilines is 1. The first-order chi connectivity index (χ1) is 11.1. The summed E-state index contributed by atoms with van der Waals surface area (Å²) in [5.41, 5.74) is 2.77. The molecule has 0 bridgehead atoms. The van der Waals surface area contributed by atoms with Crippen LogP contribution in [0.1, 0.15) is 37.2 Å². The molecule has 5 heteroatoms. The summed E-state index contributed by atoms with van der Waals surface area (Å²) in [6.45, 7) is 10.9. The Balaban J connectivity index is 1.65. The van der Waals surface area contributed by atoms with Crippen molar-refractivity contribution >= 4 is 16.7 Å². The van der Waals surface area contributed by atoms with Gasteiger partial charge in [-0.2, -0.15) is 4.37 Å². The third kappa shape index (κ3) is 4.52. The molecule has 1 aromatic carbocycles. The van der Waals surface area contributed by atoms with Crippen LogP contribution >= 0.6 is 11.5 Å². The van der Waals surface area contributed by atoms with E-state index >= 15 is 0 Å². The van der Waals surface area contributed by atoms with E-state index in [1.165, 1.54) is 42.2 Å². The maximum atomic E-state index is 4.38. The molecule has 4 nitrogen and oxygen atoms in total. The van der Waals surface area contributed by atoms with Crippen LogP contribution in [0.25, 0.3) is 0 Å². The number of benzene rings is 1. The van der Waals surface area contributed by atoms with Crippen LogP contribution in [0.2, 0.25) is 0 Å². The molecule has 0 spiro atoms. The molecule has 2 aromatic rings. The zero-order valence-electron chi connectivity index (χ0n) is 14.2. The Morgan fingerprint density at radius 3 is 2.52 bits per heavy atom. The minimum Gasteiger partial charge on any atom is -0.356 e. The molecule has 0 amide bonds. The van der Waals surface area contributed by atoms with Gasteiger partial charge in [-0.1, -0.05) is 38.1 Å². The molecule has 1 fully saturated rings. The van der Waals surface area contributed by atoms with Gasteiger partial charge < -0.3 is 5.32 Å². The van der Waals surface area contributed by atoms with Crippen LogP contribution in [0, 0.1) is 18.8 Å². The highest BCUT2D eigenvalue weighted by atomic mass is 32.1. The third-order valence-electron chi connectivity index (χ3n) is 4.41. The zero-order chi connectivity index (χ0) is 16.2. The van der Waals surface area contributed by atoms with Crippen molar-refractivity contribution in [1.82, 2.24) is 14.3 Å². The molecule has 0 radical (unpaired) electrons. The average molecular weight is 331 g/mol. The molecule has 0 aliphatic carbocycles. The Kier molecular flexibility index (Phi) is 5.28. The van der Waals surface area contributed by atoms with E-state index in [9.17, 15) is 0 Å². The largest absolute Gasteiger partial charge is 0.356 e. The Bertz CT molecular complexity index is 629. The first kappa shape index (κ1) is 16.4. The van der Waals surface area contributed by atoms with Gasteiger partial charge in [-0.15, -0.1) is 0 Å². The second-order valence-corrected chi connectivity index (χ2v) is 7.66. The Hall–Kier alpha value is -1.46. The van der Waals surface area contributed by atoms with Gasteiger partial charge in [0.2, 0.25) is 5.13 Å². The lowest BCUT2D eigenvalue weighted by atomic mass is 9.91. The minimum absolute atomic E-state index is 0.799. The number of piperidine rings is 1. The highest BCUT2D eigenvalue weighted by Gasteiger charge is 2.22. The van der Waals surface area contributed by atoms with Crippen molar-refractivity contribution in [2.75, 3.05) is 18.4 Å². The molecule has 1 aromatic heterocycles. The molecule has 3 rings (SSSR count). The molecule has 2 unspecified atom stereocenters. The molecule has 1 saturated heterocycles. The summed E-state index contributed by atoms with van der Waals surface area (Å²) >= 11 is 1.43. The standard InChI is InChI=1S/C18H26N4S/c1-13-8-14(2)11-22(10-13)12-17-7-5-4-6-16(17)9-19-18-20-15(3)21-23-18/h4-7,13-14H,8-12H2,1-3H3,(H,19,20,21). The van der Waals surface area contributed by atoms with E-state index < -0.39 is 0 Å². The quantitative estimate of drug-likeness (QED) is 0.901. The smallest absolute Gasteiger partial charge is 0.202 e. The van der Waals surface area contributed by atoms with Crippen LogP contribution in [0.5, 0.6) is 0 Å². The summed E-state index contributed by atoms with van der Waals surface area (Å²) in [5.74, 6) is 2.43. The number of hydrogen-bond acceptors (Lipinski definition) is 5. The van der Waals surface area contributed by atoms with Crippen LogP contribution in [0.15, 0.2) is 24.3 Å². The highest BCUT2D eigenvalue weighted by molar-refractivity contribution is 7.09. The first-order valence-electron chi connectivity index (χ1n) is 8.43. The summed E-state index contributed by atoms with van der Waals surface area (Å²) < 4.78 is 4.22. The predicted molar refractivity (Wildman–Crippen MR) is 96.6 cm³/mol. The lowest BCUT2D eigenvalue weighted by Gasteiger charge is -2.35. The molecular formula is C18H26N4S. The molecule has 0 saturated carbocycles. The fourth-order valence-corrected chi connectivity index (χ4v) is 4.16. The number of rotatable bonds is 5. The van der Waals surface area contributed by atoms with Crippen LogP contribution in [-0.2, 0) is 13.1 Å². The Labute approximate surface area is 143 Å². The summed E-state index contributed by atoms with van der Waals surface area (Å²) in [5, 5.41) is 4.30. The van der Waals surface area contributed by atoms with E-state index in [0.29, 0.717) is 0 Å². The Morgan fingerprint density at radius 1 is 1.17 bits per heavy atom. The summed E-state index contributed by atoms with van der Waals surface area (Å²) in [6.07, 6.45) is 1.36. The summed E-state index contributed by atoms with van der Waals surface area (Å²) in [7, 11) is 0. The number of likely N-dealkylation sites (tertiary alicyclic amines) is 1. The van der Waals surface area contributed by atoms with Gasteiger partial charge >= 0.3 is 0 Å². The maximum absolute atomic E-state index is 4.38. The topological polar surface area (TPSA) is 41.1 Å². The highest BCUT2D eigenvalue weighted by Crippen LogP contribution is 2.23. The number of nitrogens with one attached hydrogen (secondary N) is 1. The third-order valence-corrected chi connectivity index (χ3v) is 5.18. The Morgan fingerprint density at radius 2 is 1.87 bits per heavy atom. The van der Waals surface area contributed by atoms with Crippen molar-refractivity contribution in [3.05, 3.63) is 41.2 Å². The summed E-state index contributed by atoms with van der Waals surface area (Å²) in [4.78, 5) is 6.98. The minimum atomic E-state index is 0.799. The van der Waals surface area contributed by atoms with Crippen LogP contribution in [-0.4, -0.2) is 27.3 Å². The van der Waals surface area contributed by atoms with Crippen LogP contribution in [0.3, 0.4) is 0 Å². The zero-order valence-corrected chi connectivity index (χ0v) is 15.1. The molecule has 2 heterocycles. The molecule has 1 aliphatic heterocycles. The molecule has 2 atom stereocenters. The summed E-state index contributed by atoms with van der Waals surface area (Å²) in [6, 6.07) is 8.73. The van der Waals surface area contributed by atoms with Crippen molar-refractivity contribution < 1.29 is 0 Å². The van der Waals surface area contributed by atoms with Crippen LogP contribution < -0.4 is 5.32 Å². The van der Waals surface area contributed by atoms with Gasteiger partial charge in [0.25, 0.3) is 0 Å². The molecule has 124 valence electrons. The van der Waals surface area contributed by atoms with Gasteiger partial charge in [-0.05, 0) is 36.3 Å². The second-order valence-electron chi connectivity index (χ2n) is 6.91. The van der Waals surface area contributed by atoms with E-state index in [1.54, 1.807) is 0 Å². The fourth-order valence-electron chi connectivity index (χ4n) is 3.59.